The molecule has 17 heavy (non-hydrogen) atoms. The summed E-state index contributed by atoms with van der Waals surface area (Å²) in [5.41, 5.74) is 0.378. The molecule has 1 unspecified atom stereocenters. The van der Waals surface area contributed by atoms with E-state index in [1.54, 1.807) is 6.07 Å². The topological polar surface area (TPSA) is 62.5 Å². The number of carbonyl (C=O) groups is 1. The molecule has 0 aliphatic rings. The molecule has 1 amide bonds. The van der Waals surface area contributed by atoms with Crippen LogP contribution < -0.4 is 5.32 Å². The third-order valence-corrected chi connectivity index (χ3v) is 3.01. The van der Waals surface area contributed by atoms with Gasteiger partial charge in [0.1, 0.15) is 6.26 Å². The standard InChI is InChI=1S/C12H18BrNO3/c1-12(2,3)9(4-5-15)14-11(16)8-6-10(13)17-7-8/h6-7,9,15H,4-5H2,1-3H3,(H,14,16). The number of halogens is 1. The van der Waals surface area contributed by atoms with Crippen molar-refractivity contribution in [1.82, 2.24) is 5.32 Å². The van der Waals surface area contributed by atoms with Crippen LogP contribution in [0.5, 0.6) is 0 Å². The summed E-state index contributed by atoms with van der Waals surface area (Å²) in [7, 11) is 0. The third kappa shape index (κ3) is 4.16. The monoisotopic (exact) mass is 303 g/mol. The molecule has 1 heterocycles. The van der Waals surface area contributed by atoms with E-state index < -0.39 is 0 Å². The van der Waals surface area contributed by atoms with Crippen molar-refractivity contribution in [3.05, 3.63) is 22.6 Å². The third-order valence-electron chi connectivity index (χ3n) is 2.60. The van der Waals surface area contributed by atoms with E-state index in [-0.39, 0.29) is 24.0 Å². The van der Waals surface area contributed by atoms with Crippen LogP contribution in [0, 0.1) is 5.41 Å². The van der Waals surface area contributed by atoms with Crippen molar-refractivity contribution in [2.75, 3.05) is 6.61 Å². The normalized spacial score (nSPS) is 13.5. The molecule has 0 fully saturated rings. The number of rotatable bonds is 4. The van der Waals surface area contributed by atoms with Crippen LogP contribution in [-0.4, -0.2) is 23.7 Å². The molecule has 0 aromatic carbocycles. The molecule has 0 aliphatic carbocycles. The minimum atomic E-state index is -0.187. The summed E-state index contributed by atoms with van der Waals surface area (Å²) in [6, 6.07) is 1.54. The Balaban J connectivity index is 2.71. The highest BCUT2D eigenvalue weighted by Gasteiger charge is 2.26. The van der Waals surface area contributed by atoms with Gasteiger partial charge in [-0.05, 0) is 27.8 Å². The van der Waals surface area contributed by atoms with Gasteiger partial charge in [0.2, 0.25) is 0 Å². The first-order valence-electron chi connectivity index (χ1n) is 5.50. The number of nitrogens with one attached hydrogen (secondary N) is 1. The van der Waals surface area contributed by atoms with E-state index in [1.165, 1.54) is 6.26 Å². The predicted octanol–water partition coefficient (Wildman–Crippen LogP) is 2.57. The van der Waals surface area contributed by atoms with Gasteiger partial charge in [-0.2, -0.15) is 0 Å². The Bertz CT molecular complexity index is 381. The molecule has 1 aromatic heterocycles. The summed E-state index contributed by atoms with van der Waals surface area (Å²) < 4.78 is 5.54. The van der Waals surface area contributed by atoms with E-state index in [9.17, 15) is 4.79 Å². The quantitative estimate of drug-likeness (QED) is 0.898. The second kappa shape index (κ2) is 5.69. The van der Waals surface area contributed by atoms with Crippen LogP contribution >= 0.6 is 15.9 Å². The SMILES string of the molecule is CC(C)(C)C(CCO)NC(=O)c1coc(Br)c1. The molecule has 2 N–H and O–H groups in total. The molecular weight excluding hydrogens is 286 g/mol. The number of hydrogen-bond acceptors (Lipinski definition) is 3. The van der Waals surface area contributed by atoms with Gasteiger partial charge in [0, 0.05) is 18.7 Å². The van der Waals surface area contributed by atoms with Gasteiger partial charge in [-0.25, -0.2) is 0 Å². The molecule has 1 aromatic rings. The first-order chi connectivity index (χ1) is 7.84. The van der Waals surface area contributed by atoms with Crippen molar-refractivity contribution in [3.8, 4) is 0 Å². The van der Waals surface area contributed by atoms with E-state index in [0.717, 1.165) is 0 Å². The van der Waals surface area contributed by atoms with Crippen LogP contribution in [0.3, 0.4) is 0 Å². The molecule has 5 heteroatoms. The maximum atomic E-state index is 11.9. The lowest BCUT2D eigenvalue weighted by molar-refractivity contribution is 0.0884. The Hall–Kier alpha value is -0.810. The maximum absolute atomic E-state index is 11.9. The van der Waals surface area contributed by atoms with Crippen LogP contribution in [0.15, 0.2) is 21.4 Å². The molecule has 96 valence electrons. The van der Waals surface area contributed by atoms with E-state index in [0.29, 0.717) is 16.7 Å². The van der Waals surface area contributed by atoms with Crippen LogP contribution in [-0.2, 0) is 0 Å². The minimum absolute atomic E-state index is 0.0529. The fourth-order valence-electron chi connectivity index (χ4n) is 1.52. The Morgan fingerprint density at radius 2 is 2.24 bits per heavy atom. The lowest BCUT2D eigenvalue weighted by Gasteiger charge is -2.30. The average Bonchev–Trinajstić information content (AvgIpc) is 2.62. The highest BCUT2D eigenvalue weighted by atomic mass is 79.9. The largest absolute Gasteiger partial charge is 0.457 e. The number of hydrogen-bond donors (Lipinski definition) is 2. The number of aliphatic hydroxyl groups is 1. The van der Waals surface area contributed by atoms with Crippen molar-refractivity contribution in [3.63, 3.8) is 0 Å². The van der Waals surface area contributed by atoms with Gasteiger partial charge in [-0.1, -0.05) is 20.8 Å². The van der Waals surface area contributed by atoms with Crippen molar-refractivity contribution in [1.29, 1.82) is 0 Å². The average molecular weight is 304 g/mol. The molecule has 0 spiro atoms. The molecule has 0 saturated carbocycles. The van der Waals surface area contributed by atoms with Gasteiger partial charge >= 0.3 is 0 Å². The van der Waals surface area contributed by atoms with Crippen LogP contribution in [0.2, 0.25) is 0 Å². The first kappa shape index (κ1) is 14.3. The Morgan fingerprint density at radius 3 is 2.65 bits per heavy atom. The smallest absolute Gasteiger partial charge is 0.254 e. The van der Waals surface area contributed by atoms with Gasteiger partial charge in [0.05, 0.1) is 5.56 Å². The van der Waals surface area contributed by atoms with Gasteiger partial charge in [0.15, 0.2) is 4.67 Å². The lowest BCUT2D eigenvalue weighted by Crippen LogP contribution is -2.44. The van der Waals surface area contributed by atoms with E-state index in [2.05, 4.69) is 21.2 Å². The number of amides is 1. The molecule has 0 saturated heterocycles. The second-order valence-corrected chi connectivity index (χ2v) is 5.83. The molecule has 1 rings (SSSR count). The first-order valence-corrected chi connectivity index (χ1v) is 6.29. The Kier molecular flexibility index (Phi) is 4.77. The van der Waals surface area contributed by atoms with Crippen molar-refractivity contribution >= 4 is 21.8 Å². The Morgan fingerprint density at radius 1 is 1.59 bits per heavy atom. The molecule has 0 aliphatic heterocycles. The number of furan rings is 1. The summed E-state index contributed by atoms with van der Waals surface area (Å²) in [6.07, 6.45) is 1.94. The fraction of sp³-hybridized carbons (Fsp3) is 0.583. The van der Waals surface area contributed by atoms with Gasteiger partial charge < -0.3 is 14.8 Å². The summed E-state index contributed by atoms with van der Waals surface area (Å²) in [5, 5.41) is 11.9. The van der Waals surface area contributed by atoms with Crippen LogP contribution in [0.1, 0.15) is 37.6 Å². The number of aliphatic hydroxyl groups excluding tert-OH is 1. The zero-order valence-electron chi connectivity index (χ0n) is 10.3. The molecule has 1 atom stereocenters. The van der Waals surface area contributed by atoms with E-state index >= 15 is 0 Å². The molecule has 4 nitrogen and oxygen atoms in total. The summed E-state index contributed by atoms with van der Waals surface area (Å²) in [4.78, 5) is 11.9. The lowest BCUT2D eigenvalue weighted by atomic mass is 9.85. The van der Waals surface area contributed by atoms with Gasteiger partial charge in [0.25, 0.3) is 5.91 Å². The second-order valence-electron chi connectivity index (χ2n) is 5.04. The highest BCUT2D eigenvalue weighted by Crippen LogP contribution is 2.22. The Labute approximate surface area is 110 Å². The van der Waals surface area contributed by atoms with E-state index in [4.69, 9.17) is 9.52 Å². The molecule has 0 radical (unpaired) electrons. The van der Waals surface area contributed by atoms with Crippen molar-refractivity contribution in [2.24, 2.45) is 5.41 Å². The van der Waals surface area contributed by atoms with Crippen molar-refractivity contribution in [2.45, 2.75) is 33.2 Å². The number of carbonyl (C=O) groups excluding carboxylic acids is 1. The highest BCUT2D eigenvalue weighted by molar-refractivity contribution is 9.10. The van der Waals surface area contributed by atoms with Crippen LogP contribution in [0.25, 0.3) is 0 Å². The fourth-order valence-corrected chi connectivity index (χ4v) is 1.86. The van der Waals surface area contributed by atoms with Crippen LogP contribution in [0.4, 0.5) is 0 Å². The predicted molar refractivity (Wildman–Crippen MR) is 68.8 cm³/mol. The minimum Gasteiger partial charge on any atom is -0.457 e. The summed E-state index contributed by atoms with van der Waals surface area (Å²) in [5.74, 6) is -0.187. The molecular formula is C12H18BrNO3. The summed E-state index contributed by atoms with van der Waals surface area (Å²) >= 11 is 3.15. The zero-order valence-corrected chi connectivity index (χ0v) is 11.9. The maximum Gasteiger partial charge on any atom is 0.254 e. The van der Waals surface area contributed by atoms with E-state index in [1.807, 2.05) is 20.8 Å². The van der Waals surface area contributed by atoms with Crippen molar-refractivity contribution < 1.29 is 14.3 Å². The molecule has 0 bridgehead atoms. The van der Waals surface area contributed by atoms with Gasteiger partial charge in [-0.15, -0.1) is 0 Å². The van der Waals surface area contributed by atoms with Gasteiger partial charge in [-0.3, -0.25) is 4.79 Å². The zero-order chi connectivity index (χ0) is 13.1. The summed E-state index contributed by atoms with van der Waals surface area (Å²) in [6.45, 7) is 6.13.